The average Bonchev–Trinajstić information content (AvgIpc) is 1.59. The van der Waals surface area contributed by atoms with E-state index in [0.717, 1.165) is 0 Å². The van der Waals surface area contributed by atoms with Crippen molar-refractivity contribution in [1.82, 2.24) is 0 Å². The first kappa shape index (κ1) is 9.16. The normalized spacial score (nSPS) is 12.0. The molecule has 0 aliphatic rings. The molecule has 0 aromatic heterocycles. The molecule has 0 saturated carbocycles. The van der Waals surface area contributed by atoms with E-state index >= 15 is 0 Å². The van der Waals surface area contributed by atoms with E-state index in [1.165, 1.54) is 6.42 Å². The van der Waals surface area contributed by atoms with Gasteiger partial charge in [-0.15, -0.1) is 11.6 Å². The number of alkyl halides is 4. The zero-order valence-electron chi connectivity index (χ0n) is 4.00. The fourth-order valence-corrected chi connectivity index (χ4v) is 0.655. The van der Waals surface area contributed by atoms with Gasteiger partial charge in [0, 0.05) is 12.3 Å². The van der Waals surface area contributed by atoms with Crippen LogP contribution in [0.3, 0.4) is 0 Å². The molecule has 0 rings (SSSR count). The maximum absolute atomic E-state index is 5.33. The monoisotopic (exact) mass is 193 g/mol. The van der Waals surface area contributed by atoms with Crippen LogP contribution in [0.15, 0.2) is 0 Å². The smallest absolute Gasteiger partial charge is 0.127 e. The van der Waals surface area contributed by atoms with Crippen molar-refractivity contribution in [2.24, 2.45) is 0 Å². The summed E-state index contributed by atoms with van der Waals surface area (Å²) in [6, 6.07) is 0. The van der Waals surface area contributed by atoms with Crippen LogP contribution < -0.4 is 0 Å². The Morgan fingerprint density at radius 1 is 1.25 bits per heavy atom. The van der Waals surface area contributed by atoms with E-state index in [4.69, 9.17) is 46.4 Å². The summed E-state index contributed by atoms with van der Waals surface area (Å²) >= 11 is 21.3. The first-order valence-corrected chi connectivity index (χ1v) is 3.70. The molecule has 0 amide bonds. The molecule has 0 fully saturated rings. The van der Waals surface area contributed by atoms with Gasteiger partial charge in [0.05, 0.1) is 0 Å². The topological polar surface area (TPSA) is 0 Å². The van der Waals surface area contributed by atoms with Crippen molar-refractivity contribution in [3.05, 3.63) is 6.42 Å². The van der Waals surface area contributed by atoms with Crippen molar-refractivity contribution in [2.75, 3.05) is 5.88 Å². The molecule has 4 heteroatoms. The van der Waals surface area contributed by atoms with Gasteiger partial charge in [-0.2, -0.15) is 0 Å². The van der Waals surface area contributed by atoms with Gasteiger partial charge in [-0.05, 0) is 6.42 Å². The molecular weight excluding hydrogens is 190 g/mol. The molecule has 0 heterocycles. The fraction of sp³-hybridized carbons (Fsp3) is 0.750. The largest absolute Gasteiger partial charge is 0.193 e. The predicted octanol–water partition coefficient (Wildman–Crippen LogP) is 3.19. The highest BCUT2D eigenvalue weighted by Crippen LogP contribution is 2.30. The molecule has 0 bridgehead atoms. The van der Waals surface area contributed by atoms with Crippen LogP contribution in [0.2, 0.25) is 0 Å². The first-order chi connectivity index (χ1) is 3.56. The second kappa shape index (κ2) is 4.05. The van der Waals surface area contributed by atoms with Gasteiger partial charge in [0.25, 0.3) is 0 Å². The molecule has 0 aromatic rings. The van der Waals surface area contributed by atoms with Gasteiger partial charge in [0.2, 0.25) is 0 Å². The Hall–Kier alpha value is 1.16. The zero-order chi connectivity index (χ0) is 6.62. The third kappa shape index (κ3) is 7.16. The Morgan fingerprint density at radius 3 is 1.88 bits per heavy atom. The Labute approximate surface area is 69.0 Å². The van der Waals surface area contributed by atoms with Crippen molar-refractivity contribution < 1.29 is 0 Å². The molecule has 0 atom stereocenters. The summed E-state index contributed by atoms with van der Waals surface area (Å²) in [5.41, 5.74) is 0. The second-order valence-electron chi connectivity index (χ2n) is 1.22. The first-order valence-electron chi connectivity index (χ1n) is 2.03. The summed E-state index contributed by atoms with van der Waals surface area (Å²) in [6.07, 6.45) is 2.16. The Morgan fingerprint density at radius 2 is 1.75 bits per heavy atom. The van der Waals surface area contributed by atoms with Crippen LogP contribution in [0, 0.1) is 6.42 Å². The molecule has 0 aliphatic heterocycles. The predicted molar refractivity (Wildman–Crippen MR) is 39.9 cm³/mol. The number of halogens is 4. The Bertz CT molecular complexity index is 55.5. The van der Waals surface area contributed by atoms with Gasteiger partial charge < -0.3 is 0 Å². The molecule has 0 aromatic carbocycles. The maximum Gasteiger partial charge on any atom is 0.193 e. The maximum atomic E-state index is 5.33. The molecule has 8 heavy (non-hydrogen) atoms. The van der Waals surface area contributed by atoms with E-state index in [0.29, 0.717) is 12.3 Å². The third-order valence-corrected chi connectivity index (χ3v) is 1.17. The highest BCUT2D eigenvalue weighted by Gasteiger charge is 2.18. The molecule has 0 spiro atoms. The van der Waals surface area contributed by atoms with Crippen molar-refractivity contribution >= 4 is 46.4 Å². The molecule has 49 valence electrons. The van der Waals surface area contributed by atoms with Crippen LogP contribution in [0.25, 0.3) is 0 Å². The van der Waals surface area contributed by atoms with E-state index in [9.17, 15) is 0 Å². The van der Waals surface area contributed by atoms with Gasteiger partial charge in [-0.1, -0.05) is 34.8 Å². The summed E-state index contributed by atoms with van der Waals surface area (Å²) in [5, 5.41) is 0. The lowest BCUT2D eigenvalue weighted by molar-refractivity contribution is 1.04. The fourth-order valence-electron chi connectivity index (χ4n) is 0.218. The lowest BCUT2D eigenvalue weighted by atomic mass is 10.4. The van der Waals surface area contributed by atoms with Crippen LogP contribution in [-0.4, -0.2) is 9.67 Å². The Kier molecular flexibility index (Phi) is 4.64. The summed E-state index contributed by atoms with van der Waals surface area (Å²) < 4.78 is -1.24. The van der Waals surface area contributed by atoms with Gasteiger partial charge in [-0.3, -0.25) is 0 Å². The zero-order valence-corrected chi connectivity index (χ0v) is 7.03. The van der Waals surface area contributed by atoms with E-state index < -0.39 is 3.79 Å². The molecule has 0 unspecified atom stereocenters. The van der Waals surface area contributed by atoms with Crippen LogP contribution >= 0.6 is 46.4 Å². The molecule has 0 aliphatic carbocycles. The van der Waals surface area contributed by atoms with Crippen molar-refractivity contribution in [1.29, 1.82) is 0 Å². The highest BCUT2D eigenvalue weighted by atomic mass is 35.6. The van der Waals surface area contributed by atoms with Gasteiger partial charge in [-0.25, -0.2) is 0 Å². The minimum Gasteiger partial charge on any atom is -0.127 e. The second-order valence-corrected chi connectivity index (χ2v) is 3.97. The molecular formula is C4H5Cl4. The molecule has 0 nitrogen and oxygen atoms in total. The van der Waals surface area contributed by atoms with Crippen LogP contribution in [0.1, 0.15) is 6.42 Å². The number of hydrogen-bond acceptors (Lipinski definition) is 0. The minimum absolute atomic E-state index is 0.494. The van der Waals surface area contributed by atoms with Gasteiger partial charge >= 0.3 is 0 Å². The van der Waals surface area contributed by atoms with Crippen molar-refractivity contribution in [3.63, 3.8) is 0 Å². The lowest BCUT2D eigenvalue weighted by Gasteiger charge is -2.06. The van der Waals surface area contributed by atoms with Crippen molar-refractivity contribution in [3.8, 4) is 0 Å². The lowest BCUT2D eigenvalue weighted by Crippen LogP contribution is -2.02. The van der Waals surface area contributed by atoms with Crippen molar-refractivity contribution in [2.45, 2.75) is 10.2 Å². The summed E-state index contributed by atoms with van der Waals surface area (Å²) in [4.78, 5) is 0. The van der Waals surface area contributed by atoms with Gasteiger partial charge in [0.15, 0.2) is 3.79 Å². The highest BCUT2D eigenvalue weighted by molar-refractivity contribution is 6.68. The van der Waals surface area contributed by atoms with Crippen LogP contribution in [0.4, 0.5) is 0 Å². The summed E-state index contributed by atoms with van der Waals surface area (Å²) in [6.45, 7) is 0. The van der Waals surface area contributed by atoms with E-state index in [1.807, 2.05) is 0 Å². The van der Waals surface area contributed by atoms with E-state index in [1.54, 1.807) is 0 Å². The third-order valence-electron chi connectivity index (χ3n) is 0.485. The van der Waals surface area contributed by atoms with Gasteiger partial charge in [0.1, 0.15) is 0 Å². The summed E-state index contributed by atoms with van der Waals surface area (Å²) in [5.74, 6) is 0.494. The number of hydrogen-bond donors (Lipinski definition) is 0. The average molecular weight is 195 g/mol. The molecule has 0 N–H and O–H groups in total. The van der Waals surface area contributed by atoms with E-state index in [-0.39, 0.29) is 0 Å². The number of rotatable bonds is 2. The standard InChI is InChI=1S/C4H5Cl4/c5-3-1-2-4(6,7)8/h2H,1,3H2. The Balaban J connectivity index is 3.11. The van der Waals surface area contributed by atoms with Crippen LogP contribution in [-0.2, 0) is 0 Å². The molecule has 0 saturated heterocycles. The molecule has 1 radical (unpaired) electrons. The SMILES string of the molecule is ClCC[CH]C(Cl)(Cl)Cl. The summed E-state index contributed by atoms with van der Waals surface area (Å²) in [7, 11) is 0. The van der Waals surface area contributed by atoms with E-state index in [2.05, 4.69) is 0 Å². The quantitative estimate of drug-likeness (QED) is 0.593. The van der Waals surface area contributed by atoms with Crippen LogP contribution in [0.5, 0.6) is 0 Å². The minimum atomic E-state index is -1.24.